The van der Waals surface area contributed by atoms with Gasteiger partial charge in [0, 0.05) is 6.20 Å². The van der Waals surface area contributed by atoms with Crippen LogP contribution in [0.15, 0.2) is 12.3 Å². The lowest BCUT2D eigenvalue weighted by atomic mass is 10.1. The molecule has 2 aromatic rings. The van der Waals surface area contributed by atoms with Gasteiger partial charge in [-0.2, -0.15) is 13.2 Å². The van der Waals surface area contributed by atoms with Gasteiger partial charge in [-0.3, -0.25) is 9.20 Å². The topological polar surface area (TPSA) is 59.3 Å². The van der Waals surface area contributed by atoms with Gasteiger partial charge in [-0.15, -0.1) is 0 Å². The molecule has 0 bridgehead atoms. The SMILES string of the molecule is Cc1nc(C)n2ccc(C(=O)NC(C3CC3)C(F)(F)F)c2n1. The molecule has 118 valence electrons. The molecule has 22 heavy (non-hydrogen) atoms. The maximum atomic E-state index is 13.0. The van der Waals surface area contributed by atoms with Crippen molar-refractivity contribution >= 4 is 11.6 Å². The fraction of sp³-hybridized carbons (Fsp3) is 0.500. The first-order valence-electron chi connectivity index (χ1n) is 6.97. The summed E-state index contributed by atoms with van der Waals surface area (Å²) in [7, 11) is 0. The van der Waals surface area contributed by atoms with Crippen LogP contribution >= 0.6 is 0 Å². The summed E-state index contributed by atoms with van der Waals surface area (Å²) < 4.78 is 40.6. The number of hydrogen-bond acceptors (Lipinski definition) is 3. The van der Waals surface area contributed by atoms with E-state index in [0.717, 1.165) is 0 Å². The van der Waals surface area contributed by atoms with Crippen molar-refractivity contribution in [3.63, 3.8) is 0 Å². The Hall–Kier alpha value is -2.12. The quantitative estimate of drug-likeness (QED) is 0.947. The minimum Gasteiger partial charge on any atom is -0.340 e. The predicted molar refractivity (Wildman–Crippen MR) is 72.5 cm³/mol. The molecule has 3 rings (SSSR count). The molecule has 5 nitrogen and oxygen atoms in total. The van der Waals surface area contributed by atoms with Gasteiger partial charge >= 0.3 is 6.18 Å². The van der Waals surface area contributed by atoms with E-state index in [9.17, 15) is 18.0 Å². The van der Waals surface area contributed by atoms with E-state index < -0.39 is 24.0 Å². The van der Waals surface area contributed by atoms with Crippen molar-refractivity contribution in [1.82, 2.24) is 19.7 Å². The van der Waals surface area contributed by atoms with Gasteiger partial charge in [-0.1, -0.05) is 0 Å². The number of carbonyl (C=O) groups excluding carboxylic acids is 1. The van der Waals surface area contributed by atoms with Gasteiger partial charge in [-0.25, -0.2) is 9.97 Å². The molecule has 1 saturated carbocycles. The summed E-state index contributed by atoms with van der Waals surface area (Å²) in [5, 5.41) is 2.11. The minimum atomic E-state index is -4.44. The Balaban J connectivity index is 1.92. The van der Waals surface area contributed by atoms with Gasteiger partial charge in [0.2, 0.25) is 0 Å². The molecule has 0 saturated heterocycles. The predicted octanol–water partition coefficient (Wildman–Crippen LogP) is 2.42. The summed E-state index contributed by atoms with van der Waals surface area (Å²) in [4.78, 5) is 20.6. The van der Waals surface area contributed by atoms with E-state index in [0.29, 0.717) is 30.1 Å². The average molecular weight is 312 g/mol. The molecular formula is C14H15F3N4O. The third kappa shape index (κ3) is 2.65. The van der Waals surface area contributed by atoms with E-state index >= 15 is 0 Å². The van der Waals surface area contributed by atoms with Crippen molar-refractivity contribution in [3.8, 4) is 0 Å². The highest BCUT2D eigenvalue weighted by Crippen LogP contribution is 2.40. The van der Waals surface area contributed by atoms with Gasteiger partial charge in [0.15, 0.2) is 5.65 Å². The summed E-state index contributed by atoms with van der Waals surface area (Å²) in [5.41, 5.74) is 0.447. The van der Waals surface area contributed by atoms with E-state index in [1.807, 2.05) is 0 Å². The summed E-state index contributed by atoms with van der Waals surface area (Å²) in [5.74, 6) is -0.186. The molecular weight excluding hydrogens is 297 g/mol. The number of rotatable bonds is 3. The fourth-order valence-electron chi connectivity index (χ4n) is 2.56. The average Bonchev–Trinajstić information content (AvgIpc) is 3.13. The van der Waals surface area contributed by atoms with Crippen LogP contribution in [0.2, 0.25) is 0 Å². The van der Waals surface area contributed by atoms with Crippen molar-refractivity contribution in [2.24, 2.45) is 5.92 Å². The van der Waals surface area contributed by atoms with E-state index in [2.05, 4.69) is 15.3 Å². The summed E-state index contributed by atoms with van der Waals surface area (Å²) in [6.45, 7) is 3.41. The molecule has 8 heteroatoms. The molecule has 1 fully saturated rings. The van der Waals surface area contributed by atoms with Gasteiger partial charge < -0.3 is 5.32 Å². The molecule has 1 N–H and O–H groups in total. The molecule has 0 aromatic carbocycles. The summed E-state index contributed by atoms with van der Waals surface area (Å²) >= 11 is 0. The number of nitrogens with zero attached hydrogens (tertiary/aromatic N) is 3. The Kier molecular flexibility index (Phi) is 3.34. The number of fused-ring (bicyclic) bond motifs is 1. The third-order valence-electron chi connectivity index (χ3n) is 3.78. The molecule has 1 aliphatic rings. The first kappa shape index (κ1) is 14.8. The normalized spacial score (nSPS) is 16.8. The second-order valence-electron chi connectivity index (χ2n) is 5.57. The Morgan fingerprint density at radius 1 is 1.36 bits per heavy atom. The smallest absolute Gasteiger partial charge is 0.340 e. The molecule has 0 radical (unpaired) electrons. The molecule has 1 amide bonds. The zero-order chi connectivity index (χ0) is 16.1. The molecule has 1 atom stereocenters. The van der Waals surface area contributed by atoms with Gasteiger partial charge in [0.05, 0.1) is 5.56 Å². The third-order valence-corrected chi connectivity index (χ3v) is 3.78. The van der Waals surface area contributed by atoms with E-state index in [-0.39, 0.29) is 5.56 Å². The minimum absolute atomic E-state index is 0.128. The fourth-order valence-corrected chi connectivity index (χ4v) is 2.56. The number of amides is 1. The number of nitrogens with one attached hydrogen (secondary N) is 1. The first-order valence-corrected chi connectivity index (χ1v) is 6.97. The number of hydrogen-bond donors (Lipinski definition) is 1. The zero-order valence-corrected chi connectivity index (χ0v) is 12.1. The Morgan fingerprint density at radius 3 is 2.64 bits per heavy atom. The van der Waals surface area contributed by atoms with Crippen LogP contribution in [0.5, 0.6) is 0 Å². The maximum Gasteiger partial charge on any atom is 0.408 e. The van der Waals surface area contributed by atoms with E-state index in [4.69, 9.17) is 0 Å². The Bertz CT molecular complexity index is 733. The molecule has 1 aliphatic carbocycles. The number of carbonyl (C=O) groups is 1. The van der Waals surface area contributed by atoms with Gasteiger partial charge in [-0.05, 0) is 38.7 Å². The lowest BCUT2D eigenvalue weighted by Crippen LogP contribution is -2.46. The van der Waals surface area contributed by atoms with E-state index in [1.165, 1.54) is 6.07 Å². The highest BCUT2D eigenvalue weighted by molar-refractivity contribution is 6.00. The molecule has 2 heterocycles. The molecule has 0 spiro atoms. The van der Waals surface area contributed by atoms with Crippen molar-refractivity contribution in [2.75, 3.05) is 0 Å². The van der Waals surface area contributed by atoms with Crippen molar-refractivity contribution in [2.45, 2.75) is 38.9 Å². The van der Waals surface area contributed by atoms with Crippen LogP contribution in [-0.2, 0) is 0 Å². The van der Waals surface area contributed by atoms with Gasteiger partial charge in [0.1, 0.15) is 17.7 Å². The monoisotopic (exact) mass is 312 g/mol. The largest absolute Gasteiger partial charge is 0.408 e. The van der Waals surface area contributed by atoms with Crippen LogP contribution < -0.4 is 5.32 Å². The standard InChI is InChI=1S/C14H15F3N4O/c1-7-18-8(2)21-6-5-10(12(21)19-7)13(22)20-11(9-3-4-9)14(15,16)17/h5-6,9,11H,3-4H2,1-2H3,(H,20,22). The summed E-state index contributed by atoms with van der Waals surface area (Å²) in [6.07, 6.45) is -1.88. The van der Waals surface area contributed by atoms with Crippen LogP contribution in [0.3, 0.4) is 0 Å². The second-order valence-corrected chi connectivity index (χ2v) is 5.57. The van der Waals surface area contributed by atoms with Crippen molar-refractivity contribution in [3.05, 3.63) is 29.5 Å². The number of alkyl halides is 3. The first-order chi connectivity index (χ1) is 10.3. The summed E-state index contributed by atoms with van der Waals surface area (Å²) in [6, 6.07) is -0.328. The van der Waals surface area contributed by atoms with Crippen LogP contribution in [0.4, 0.5) is 13.2 Å². The highest BCUT2D eigenvalue weighted by Gasteiger charge is 2.49. The number of aromatic nitrogens is 3. The van der Waals surface area contributed by atoms with Crippen LogP contribution in [0.1, 0.15) is 34.8 Å². The Morgan fingerprint density at radius 2 is 2.05 bits per heavy atom. The molecule has 2 aromatic heterocycles. The number of aryl methyl sites for hydroxylation is 2. The van der Waals surface area contributed by atoms with Crippen molar-refractivity contribution < 1.29 is 18.0 Å². The highest BCUT2D eigenvalue weighted by atomic mass is 19.4. The van der Waals surface area contributed by atoms with Crippen molar-refractivity contribution in [1.29, 1.82) is 0 Å². The lowest BCUT2D eigenvalue weighted by Gasteiger charge is -2.21. The second kappa shape index (κ2) is 4.96. The van der Waals surface area contributed by atoms with Crippen LogP contribution in [0.25, 0.3) is 5.65 Å². The van der Waals surface area contributed by atoms with E-state index in [1.54, 1.807) is 24.4 Å². The van der Waals surface area contributed by atoms with Gasteiger partial charge in [0.25, 0.3) is 5.91 Å². The molecule has 1 unspecified atom stereocenters. The van der Waals surface area contributed by atoms with Crippen LogP contribution in [0, 0.1) is 19.8 Å². The number of halogens is 3. The van der Waals surface area contributed by atoms with Crippen LogP contribution in [-0.4, -0.2) is 32.5 Å². The maximum absolute atomic E-state index is 13.0. The zero-order valence-electron chi connectivity index (χ0n) is 12.1. The Labute approximate surface area is 124 Å². The molecule has 0 aliphatic heterocycles. The lowest BCUT2D eigenvalue weighted by molar-refractivity contribution is -0.158.